The lowest BCUT2D eigenvalue weighted by Crippen LogP contribution is -2.41. The highest BCUT2D eigenvalue weighted by Gasteiger charge is 2.27. The van der Waals surface area contributed by atoms with Gasteiger partial charge in [0.2, 0.25) is 0 Å². The third-order valence-corrected chi connectivity index (χ3v) is 7.09. The number of rotatable bonds is 5. The Bertz CT molecular complexity index is 907. The van der Waals surface area contributed by atoms with Gasteiger partial charge in [0.15, 0.2) is 5.58 Å². The van der Waals surface area contributed by atoms with E-state index in [4.69, 9.17) is 20.9 Å². The number of nitrogens with zero attached hydrogens (tertiary/aromatic N) is 2. The molecule has 2 aliphatic rings. The van der Waals surface area contributed by atoms with Crippen LogP contribution in [0.1, 0.15) is 77.3 Å². The van der Waals surface area contributed by atoms with E-state index < -0.39 is 5.60 Å². The lowest BCUT2D eigenvalue weighted by molar-refractivity contribution is 0.0485. The number of nitrogens with one attached hydrogen (secondary N) is 1. The molecule has 1 aromatic carbocycles. The molecule has 2 fully saturated rings. The third-order valence-electron chi connectivity index (χ3n) is 6.86. The van der Waals surface area contributed by atoms with Crippen molar-refractivity contribution in [2.75, 3.05) is 19.6 Å². The van der Waals surface area contributed by atoms with Crippen molar-refractivity contribution in [3.8, 4) is 0 Å². The molecule has 1 aromatic heterocycles. The molecule has 6 nitrogen and oxygen atoms in total. The molecule has 176 valence electrons. The number of fused-ring (bicyclic) bond motifs is 1. The van der Waals surface area contributed by atoms with Crippen molar-refractivity contribution in [1.29, 1.82) is 0 Å². The van der Waals surface area contributed by atoms with Gasteiger partial charge in [-0.15, -0.1) is 0 Å². The van der Waals surface area contributed by atoms with Gasteiger partial charge in [-0.1, -0.05) is 16.8 Å². The first-order chi connectivity index (χ1) is 15.3. The molecule has 2 aromatic rings. The number of alkyl carbamates (subject to hydrolysis) is 1. The molecule has 1 aliphatic carbocycles. The Balaban J connectivity index is 1.16. The van der Waals surface area contributed by atoms with Crippen LogP contribution in [0.5, 0.6) is 0 Å². The molecule has 32 heavy (non-hydrogen) atoms. The summed E-state index contributed by atoms with van der Waals surface area (Å²) in [6, 6.07) is 6.05. The van der Waals surface area contributed by atoms with Crippen LogP contribution in [-0.2, 0) is 4.74 Å². The maximum atomic E-state index is 12.0. The van der Waals surface area contributed by atoms with Crippen molar-refractivity contribution in [1.82, 2.24) is 15.4 Å². The maximum absolute atomic E-state index is 12.0. The molecule has 1 N–H and O–H groups in total. The summed E-state index contributed by atoms with van der Waals surface area (Å²) in [5, 5.41) is 9.19. The van der Waals surface area contributed by atoms with E-state index in [9.17, 15) is 4.79 Å². The van der Waals surface area contributed by atoms with Crippen LogP contribution in [0.15, 0.2) is 22.7 Å². The number of hydrogen-bond acceptors (Lipinski definition) is 5. The van der Waals surface area contributed by atoms with E-state index in [1.807, 2.05) is 39.0 Å². The van der Waals surface area contributed by atoms with Gasteiger partial charge in [-0.25, -0.2) is 4.79 Å². The molecule has 0 spiro atoms. The SMILES string of the molecule is CC(C)(C)OC(=O)NC1CCC(CCN2CCC(c3noc4cc(Cl)ccc34)CC2)CC1. The highest BCUT2D eigenvalue weighted by atomic mass is 35.5. The Kier molecular flexibility index (Phi) is 7.30. The van der Waals surface area contributed by atoms with Gasteiger partial charge in [-0.2, -0.15) is 0 Å². The van der Waals surface area contributed by atoms with Crippen LogP contribution in [0.4, 0.5) is 4.79 Å². The Morgan fingerprint density at radius 1 is 1.19 bits per heavy atom. The second kappa shape index (κ2) is 10.0. The van der Waals surface area contributed by atoms with E-state index in [1.54, 1.807) is 0 Å². The van der Waals surface area contributed by atoms with E-state index in [1.165, 1.54) is 19.3 Å². The molecule has 1 aliphatic heterocycles. The van der Waals surface area contributed by atoms with Gasteiger partial charge in [0.05, 0.1) is 5.69 Å². The summed E-state index contributed by atoms with van der Waals surface area (Å²) in [6.07, 6.45) is 7.68. The average molecular weight is 462 g/mol. The van der Waals surface area contributed by atoms with Gasteiger partial charge in [-0.05, 0) is 103 Å². The molecule has 0 radical (unpaired) electrons. The molecule has 7 heteroatoms. The van der Waals surface area contributed by atoms with Crippen LogP contribution in [0.2, 0.25) is 5.02 Å². The van der Waals surface area contributed by atoms with Crippen molar-refractivity contribution < 1.29 is 14.1 Å². The highest BCUT2D eigenvalue weighted by molar-refractivity contribution is 6.31. The normalized spacial score (nSPS) is 23.4. The first-order valence-corrected chi connectivity index (χ1v) is 12.4. The van der Waals surface area contributed by atoms with E-state index in [0.717, 1.165) is 67.9 Å². The Morgan fingerprint density at radius 3 is 2.59 bits per heavy atom. The highest BCUT2D eigenvalue weighted by Crippen LogP contribution is 2.34. The minimum atomic E-state index is -0.441. The number of amides is 1. The van der Waals surface area contributed by atoms with Gasteiger partial charge in [0.25, 0.3) is 0 Å². The molecule has 0 bridgehead atoms. The first-order valence-electron chi connectivity index (χ1n) is 12.0. The van der Waals surface area contributed by atoms with Crippen molar-refractivity contribution >= 4 is 28.7 Å². The zero-order chi connectivity index (χ0) is 22.7. The predicted molar refractivity (Wildman–Crippen MR) is 127 cm³/mol. The summed E-state index contributed by atoms with van der Waals surface area (Å²) in [4.78, 5) is 14.6. The van der Waals surface area contributed by atoms with Crippen LogP contribution < -0.4 is 5.32 Å². The number of benzene rings is 1. The van der Waals surface area contributed by atoms with E-state index in [0.29, 0.717) is 10.9 Å². The largest absolute Gasteiger partial charge is 0.444 e. The second-order valence-corrected chi connectivity index (χ2v) is 10.9. The summed E-state index contributed by atoms with van der Waals surface area (Å²) in [7, 11) is 0. The fourth-order valence-corrected chi connectivity index (χ4v) is 5.25. The Hall–Kier alpha value is -1.79. The van der Waals surface area contributed by atoms with Crippen molar-refractivity contribution in [2.24, 2.45) is 5.92 Å². The van der Waals surface area contributed by atoms with E-state index in [2.05, 4.69) is 15.4 Å². The zero-order valence-electron chi connectivity index (χ0n) is 19.5. The Morgan fingerprint density at radius 2 is 1.91 bits per heavy atom. The zero-order valence-corrected chi connectivity index (χ0v) is 20.3. The summed E-state index contributed by atoms with van der Waals surface area (Å²) in [6.45, 7) is 9.09. The fraction of sp³-hybridized carbons (Fsp3) is 0.680. The molecule has 1 saturated carbocycles. The quantitative estimate of drug-likeness (QED) is 0.579. The van der Waals surface area contributed by atoms with Crippen LogP contribution in [-0.4, -0.2) is 47.4 Å². The van der Waals surface area contributed by atoms with Gasteiger partial charge in [0, 0.05) is 28.4 Å². The van der Waals surface area contributed by atoms with Crippen LogP contribution in [0.3, 0.4) is 0 Å². The first kappa shape index (κ1) is 23.4. The van der Waals surface area contributed by atoms with Crippen LogP contribution in [0.25, 0.3) is 11.0 Å². The lowest BCUT2D eigenvalue weighted by atomic mass is 9.84. The average Bonchev–Trinajstić information content (AvgIpc) is 3.15. The van der Waals surface area contributed by atoms with Crippen molar-refractivity contribution in [3.63, 3.8) is 0 Å². The van der Waals surface area contributed by atoms with E-state index in [-0.39, 0.29) is 12.1 Å². The minimum absolute atomic E-state index is 0.254. The molecular formula is C25H36ClN3O3. The summed E-state index contributed by atoms with van der Waals surface area (Å²) < 4.78 is 10.9. The number of hydrogen-bond donors (Lipinski definition) is 1. The lowest BCUT2D eigenvalue weighted by Gasteiger charge is -2.34. The molecular weight excluding hydrogens is 426 g/mol. The van der Waals surface area contributed by atoms with Crippen LogP contribution >= 0.6 is 11.6 Å². The maximum Gasteiger partial charge on any atom is 0.407 e. The number of halogens is 1. The van der Waals surface area contributed by atoms with Crippen LogP contribution in [0, 0.1) is 5.92 Å². The molecule has 1 saturated heterocycles. The van der Waals surface area contributed by atoms with Crippen molar-refractivity contribution in [3.05, 3.63) is 28.9 Å². The number of carbonyl (C=O) groups excluding carboxylic acids is 1. The minimum Gasteiger partial charge on any atom is -0.444 e. The summed E-state index contributed by atoms with van der Waals surface area (Å²) in [5.41, 5.74) is 1.43. The van der Waals surface area contributed by atoms with Crippen molar-refractivity contribution in [2.45, 2.75) is 83.3 Å². The number of carbonyl (C=O) groups is 1. The third kappa shape index (κ3) is 6.16. The number of ether oxygens (including phenoxy) is 1. The van der Waals surface area contributed by atoms with Gasteiger partial charge in [-0.3, -0.25) is 0 Å². The van der Waals surface area contributed by atoms with E-state index >= 15 is 0 Å². The second-order valence-electron chi connectivity index (χ2n) is 10.5. The topological polar surface area (TPSA) is 67.6 Å². The van der Waals surface area contributed by atoms with Gasteiger partial charge in [0.1, 0.15) is 5.60 Å². The molecule has 4 rings (SSSR count). The summed E-state index contributed by atoms with van der Waals surface area (Å²) >= 11 is 6.07. The smallest absolute Gasteiger partial charge is 0.407 e. The monoisotopic (exact) mass is 461 g/mol. The molecule has 2 heterocycles. The summed E-state index contributed by atoms with van der Waals surface area (Å²) in [5.74, 6) is 1.22. The van der Waals surface area contributed by atoms with Gasteiger partial charge < -0.3 is 19.5 Å². The molecule has 1 amide bonds. The number of likely N-dealkylation sites (tertiary alicyclic amines) is 1. The standard InChI is InChI=1S/C25H36ClN3O3/c1-25(2,3)31-24(30)27-20-7-4-17(5-8-20)10-13-29-14-11-18(12-15-29)23-21-9-6-19(26)16-22(21)32-28-23/h6,9,16-18,20H,4-5,7-8,10-15H2,1-3H3,(H,27,30). The molecule has 0 atom stereocenters. The number of piperidine rings is 1. The molecule has 0 unspecified atom stereocenters. The number of aromatic nitrogens is 1. The predicted octanol–water partition coefficient (Wildman–Crippen LogP) is 6.13. The fourth-order valence-electron chi connectivity index (χ4n) is 5.09. The Labute approximate surface area is 196 Å². The van der Waals surface area contributed by atoms with Gasteiger partial charge >= 0.3 is 6.09 Å².